The van der Waals surface area contributed by atoms with Crippen LogP contribution in [0.5, 0.6) is 0 Å². The number of benzene rings is 2. The van der Waals surface area contributed by atoms with Gasteiger partial charge in [0.05, 0.1) is 5.56 Å². The Hall–Kier alpha value is -2.66. The Kier molecular flexibility index (Phi) is 5.14. The minimum Gasteiger partial charge on any atom is -0.351 e. The maximum absolute atomic E-state index is 13.1. The third-order valence-corrected chi connectivity index (χ3v) is 4.14. The predicted octanol–water partition coefficient (Wildman–Crippen LogP) is 3.12. The van der Waals surface area contributed by atoms with E-state index in [9.17, 15) is 9.18 Å². The summed E-state index contributed by atoms with van der Waals surface area (Å²) in [6.07, 6.45) is 1.87. The number of rotatable bonds is 6. The zero-order valence-corrected chi connectivity index (χ0v) is 14.5. The van der Waals surface area contributed by atoms with Crippen LogP contribution in [0.2, 0.25) is 0 Å². The number of halogens is 1. The summed E-state index contributed by atoms with van der Waals surface area (Å²) >= 11 is 0. The molecule has 0 saturated heterocycles. The van der Waals surface area contributed by atoms with Crippen LogP contribution in [0, 0.1) is 5.82 Å². The fraction of sp³-hybridized carbons (Fsp3) is 0.250. The van der Waals surface area contributed by atoms with Crippen LogP contribution in [-0.2, 0) is 6.54 Å². The Morgan fingerprint density at radius 2 is 1.84 bits per heavy atom. The highest BCUT2D eigenvalue weighted by atomic mass is 19.1. The third kappa shape index (κ3) is 4.06. The summed E-state index contributed by atoms with van der Waals surface area (Å²) in [7, 11) is 3.95. The van der Waals surface area contributed by atoms with Crippen LogP contribution < -0.4 is 5.32 Å². The first-order valence-electron chi connectivity index (χ1n) is 8.30. The molecule has 25 heavy (non-hydrogen) atoms. The van der Waals surface area contributed by atoms with Crippen LogP contribution in [0.4, 0.5) is 4.39 Å². The Balaban J connectivity index is 1.87. The molecule has 1 aromatic heterocycles. The van der Waals surface area contributed by atoms with Gasteiger partial charge in [-0.1, -0.05) is 30.3 Å². The number of hydrogen-bond donors (Lipinski definition) is 1. The minimum absolute atomic E-state index is 0.0732. The van der Waals surface area contributed by atoms with E-state index in [-0.39, 0.29) is 11.7 Å². The van der Waals surface area contributed by atoms with Crippen LogP contribution >= 0.6 is 0 Å². The standard InChI is InChI=1S/C20H22FN3O/c1-23(2)12-11-22-20(25)18-14-24(19-6-4-3-5-17(18)19)13-15-7-9-16(21)10-8-15/h3-10,14H,11-13H2,1-2H3,(H,22,25). The summed E-state index contributed by atoms with van der Waals surface area (Å²) in [4.78, 5) is 14.6. The lowest BCUT2D eigenvalue weighted by Crippen LogP contribution is -2.31. The van der Waals surface area contributed by atoms with Gasteiger partial charge < -0.3 is 14.8 Å². The normalized spacial score (nSPS) is 11.2. The molecule has 3 rings (SSSR count). The number of hydrogen-bond acceptors (Lipinski definition) is 2. The molecule has 5 heteroatoms. The number of carbonyl (C=O) groups is 1. The highest BCUT2D eigenvalue weighted by Gasteiger charge is 2.14. The molecule has 130 valence electrons. The average molecular weight is 339 g/mol. The Morgan fingerprint density at radius 1 is 1.12 bits per heavy atom. The van der Waals surface area contributed by atoms with Crippen molar-refractivity contribution in [2.45, 2.75) is 6.54 Å². The van der Waals surface area contributed by atoms with Crippen molar-refractivity contribution in [2.75, 3.05) is 27.2 Å². The zero-order chi connectivity index (χ0) is 17.8. The molecule has 0 aliphatic rings. The average Bonchev–Trinajstić information content (AvgIpc) is 2.95. The van der Waals surface area contributed by atoms with Crippen molar-refractivity contribution in [3.05, 3.63) is 71.7 Å². The number of amides is 1. The number of carbonyl (C=O) groups excluding carboxylic acids is 1. The van der Waals surface area contributed by atoms with Crippen LogP contribution in [0.15, 0.2) is 54.7 Å². The molecular formula is C20H22FN3O. The molecule has 1 heterocycles. The summed E-state index contributed by atoms with van der Waals surface area (Å²) in [6.45, 7) is 1.98. The van der Waals surface area contributed by atoms with Crippen LogP contribution in [0.25, 0.3) is 10.9 Å². The second-order valence-corrected chi connectivity index (χ2v) is 6.37. The number of nitrogens with one attached hydrogen (secondary N) is 1. The number of likely N-dealkylation sites (N-methyl/N-ethyl adjacent to an activating group) is 1. The molecule has 1 N–H and O–H groups in total. The first-order chi connectivity index (χ1) is 12.0. The van der Waals surface area contributed by atoms with Crippen LogP contribution in [0.3, 0.4) is 0 Å². The SMILES string of the molecule is CN(C)CCNC(=O)c1cn(Cc2ccc(F)cc2)c2ccccc12. The molecule has 0 saturated carbocycles. The number of fused-ring (bicyclic) bond motifs is 1. The summed E-state index contributed by atoms with van der Waals surface area (Å²) in [5.74, 6) is -0.321. The van der Waals surface area contributed by atoms with Crippen molar-refractivity contribution in [3.8, 4) is 0 Å². The molecule has 0 aliphatic heterocycles. The molecule has 1 amide bonds. The number of aromatic nitrogens is 1. The van der Waals surface area contributed by atoms with Gasteiger partial charge in [0.2, 0.25) is 0 Å². The smallest absolute Gasteiger partial charge is 0.253 e. The van der Waals surface area contributed by atoms with Gasteiger partial charge >= 0.3 is 0 Å². The Bertz CT molecular complexity index is 868. The minimum atomic E-state index is -0.248. The zero-order valence-electron chi connectivity index (χ0n) is 14.5. The summed E-state index contributed by atoms with van der Waals surface area (Å²) in [5.41, 5.74) is 2.64. The molecule has 0 bridgehead atoms. The Morgan fingerprint density at radius 3 is 2.56 bits per heavy atom. The summed E-state index contributed by atoms with van der Waals surface area (Å²) in [5, 5.41) is 3.89. The third-order valence-electron chi connectivity index (χ3n) is 4.14. The van der Waals surface area contributed by atoms with Gasteiger partial charge in [0.1, 0.15) is 5.82 Å². The van der Waals surface area contributed by atoms with Gasteiger partial charge in [-0.05, 0) is 37.9 Å². The quantitative estimate of drug-likeness (QED) is 0.749. The van der Waals surface area contributed by atoms with E-state index >= 15 is 0 Å². The predicted molar refractivity (Wildman–Crippen MR) is 98.3 cm³/mol. The summed E-state index contributed by atoms with van der Waals surface area (Å²) < 4.78 is 15.1. The summed E-state index contributed by atoms with van der Waals surface area (Å²) in [6, 6.07) is 14.3. The van der Waals surface area contributed by atoms with Gasteiger partial charge in [-0.2, -0.15) is 0 Å². The largest absolute Gasteiger partial charge is 0.351 e. The maximum atomic E-state index is 13.1. The first-order valence-corrected chi connectivity index (χ1v) is 8.30. The Labute approximate surface area is 146 Å². The molecule has 0 aliphatic carbocycles. The van der Waals surface area contributed by atoms with E-state index in [1.807, 2.05) is 54.0 Å². The van der Waals surface area contributed by atoms with Gasteiger partial charge in [-0.15, -0.1) is 0 Å². The van der Waals surface area contributed by atoms with Gasteiger partial charge in [-0.25, -0.2) is 4.39 Å². The van der Waals surface area contributed by atoms with Gasteiger partial charge in [0, 0.05) is 36.7 Å². The van der Waals surface area contributed by atoms with E-state index in [0.717, 1.165) is 23.0 Å². The molecule has 0 unspecified atom stereocenters. The van der Waals surface area contributed by atoms with Gasteiger partial charge in [0.15, 0.2) is 0 Å². The molecule has 0 fully saturated rings. The molecule has 0 spiro atoms. The highest BCUT2D eigenvalue weighted by molar-refractivity contribution is 6.07. The fourth-order valence-electron chi connectivity index (χ4n) is 2.83. The van der Waals surface area contributed by atoms with E-state index < -0.39 is 0 Å². The second kappa shape index (κ2) is 7.49. The van der Waals surface area contributed by atoms with E-state index in [0.29, 0.717) is 18.7 Å². The molecular weight excluding hydrogens is 317 g/mol. The van der Waals surface area contributed by atoms with Gasteiger partial charge in [0.25, 0.3) is 5.91 Å². The van der Waals surface area contributed by atoms with Crippen LogP contribution in [-0.4, -0.2) is 42.6 Å². The molecule has 0 atom stereocenters. The van der Waals surface area contributed by atoms with Crippen molar-refractivity contribution < 1.29 is 9.18 Å². The van der Waals surface area contributed by atoms with Crippen molar-refractivity contribution in [2.24, 2.45) is 0 Å². The lowest BCUT2D eigenvalue weighted by atomic mass is 10.1. The van der Waals surface area contributed by atoms with Crippen molar-refractivity contribution in [1.82, 2.24) is 14.8 Å². The van der Waals surface area contributed by atoms with E-state index in [2.05, 4.69) is 5.32 Å². The molecule has 3 aromatic rings. The molecule has 4 nitrogen and oxygen atoms in total. The first kappa shape index (κ1) is 17.2. The van der Waals surface area contributed by atoms with E-state index in [1.54, 1.807) is 12.1 Å². The highest BCUT2D eigenvalue weighted by Crippen LogP contribution is 2.22. The monoisotopic (exact) mass is 339 g/mol. The van der Waals surface area contributed by atoms with E-state index in [1.165, 1.54) is 12.1 Å². The number of para-hydroxylation sites is 1. The van der Waals surface area contributed by atoms with Crippen molar-refractivity contribution in [1.29, 1.82) is 0 Å². The fourth-order valence-corrected chi connectivity index (χ4v) is 2.83. The second-order valence-electron chi connectivity index (χ2n) is 6.37. The van der Waals surface area contributed by atoms with Crippen molar-refractivity contribution in [3.63, 3.8) is 0 Å². The lowest BCUT2D eigenvalue weighted by molar-refractivity contribution is 0.0952. The molecule has 0 radical (unpaired) electrons. The van der Waals surface area contributed by atoms with E-state index in [4.69, 9.17) is 0 Å². The molecule has 2 aromatic carbocycles. The van der Waals surface area contributed by atoms with Crippen LogP contribution in [0.1, 0.15) is 15.9 Å². The lowest BCUT2D eigenvalue weighted by Gasteiger charge is -2.09. The topological polar surface area (TPSA) is 37.3 Å². The number of nitrogens with zero attached hydrogens (tertiary/aromatic N) is 2. The maximum Gasteiger partial charge on any atom is 0.253 e. The van der Waals surface area contributed by atoms with Crippen molar-refractivity contribution >= 4 is 16.8 Å². The van der Waals surface area contributed by atoms with Gasteiger partial charge in [-0.3, -0.25) is 4.79 Å².